The Labute approximate surface area is 104 Å². The number of aromatic nitrogens is 2. The molecule has 0 radical (unpaired) electrons. The van der Waals surface area contributed by atoms with Crippen molar-refractivity contribution in [1.29, 1.82) is 0 Å². The summed E-state index contributed by atoms with van der Waals surface area (Å²) in [6.45, 7) is 4.69. The van der Waals surface area contributed by atoms with Crippen molar-refractivity contribution in [2.24, 2.45) is 7.05 Å². The van der Waals surface area contributed by atoms with E-state index in [1.807, 2.05) is 0 Å². The Bertz CT molecular complexity index is 479. The van der Waals surface area contributed by atoms with Gasteiger partial charge in [0.25, 0.3) is 5.91 Å². The van der Waals surface area contributed by atoms with Crippen LogP contribution in [-0.2, 0) is 11.8 Å². The van der Waals surface area contributed by atoms with Gasteiger partial charge in [0.15, 0.2) is 6.04 Å². The summed E-state index contributed by atoms with van der Waals surface area (Å²) in [6.07, 6.45) is -1.18. The van der Waals surface area contributed by atoms with E-state index in [0.29, 0.717) is 17.0 Å². The van der Waals surface area contributed by atoms with Crippen LogP contribution >= 0.6 is 0 Å². The third-order valence-corrected chi connectivity index (χ3v) is 2.77. The fourth-order valence-electron chi connectivity index (χ4n) is 1.70. The van der Waals surface area contributed by atoms with Crippen molar-refractivity contribution >= 4 is 11.9 Å². The lowest BCUT2D eigenvalue weighted by Gasteiger charge is -2.17. The lowest BCUT2D eigenvalue weighted by Crippen LogP contribution is -2.47. The summed E-state index contributed by atoms with van der Waals surface area (Å²) in [4.78, 5) is 22.9. The highest BCUT2D eigenvalue weighted by Crippen LogP contribution is 2.12. The molecule has 0 aliphatic heterocycles. The molecule has 1 rings (SSSR count). The molecule has 1 aromatic rings. The average molecular weight is 255 g/mol. The molecule has 0 saturated carbocycles. The minimum atomic E-state index is -1.34. The van der Waals surface area contributed by atoms with Crippen LogP contribution in [0.1, 0.15) is 28.7 Å². The zero-order chi connectivity index (χ0) is 14.0. The molecule has 0 aliphatic carbocycles. The van der Waals surface area contributed by atoms with E-state index in [1.165, 1.54) is 6.92 Å². The number of aliphatic carboxylic acids is 1. The molecule has 7 heteroatoms. The largest absolute Gasteiger partial charge is 0.480 e. The first kappa shape index (κ1) is 14.2. The highest BCUT2D eigenvalue weighted by molar-refractivity contribution is 5.98. The van der Waals surface area contributed by atoms with Crippen molar-refractivity contribution in [1.82, 2.24) is 15.1 Å². The maximum absolute atomic E-state index is 12.0. The quantitative estimate of drug-likeness (QED) is 0.679. The van der Waals surface area contributed by atoms with Gasteiger partial charge in [-0.2, -0.15) is 5.10 Å². The molecule has 100 valence electrons. The molecule has 0 bridgehead atoms. The smallest absolute Gasteiger partial charge is 0.328 e. The van der Waals surface area contributed by atoms with Gasteiger partial charge in [-0.1, -0.05) is 0 Å². The van der Waals surface area contributed by atoms with Crippen molar-refractivity contribution in [2.45, 2.75) is 32.9 Å². The van der Waals surface area contributed by atoms with Gasteiger partial charge in [0, 0.05) is 12.7 Å². The van der Waals surface area contributed by atoms with E-state index in [-0.39, 0.29) is 0 Å². The first-order valence-corrected chi connectivity index (χ1v) is 5.47. The molecule has 1 heterocycles. The molecule has 3 N–H and O–H groups in total. The van der Waals surface area contributed by atoms with Crippen molar-refractivity contribution < 1.29 is 19.8 Å². The van der Waals surface area contributed by atoms with E-state index >= 15 is 0 Å². The Kier molecular flexibility index (Phi) is 4.07. The van der Waals surface area contributed by atoms with Gasteiger partial charge in [0.1, 0.15) is 0 Å². The summed E-state index contributed by atoms with van der Waals surface area (Å²) in [5.41, 5.74) is 1.49. The molecular formula is C11H17N3O4. The fraction of sp³-hybridized carbons (Fsp3) is 0.545. The molecule has 0 aromatic carbocycles. The Morgan fingerprint density at radius 2 is 1.94 bits per heavy atom. The summed E-state index contributed by atoms with van der Waals surface area (Å²) in [5, 5.41) is 24.6. The van der Waals surface area contributed by atoms with Crippen LogP contribution < -0.4 is 5.32 Å². The second-order valence-corrected chi connectivity index (χ2v) is 4.20. The van der Waals surface area contributed by atoms with Crippen LogP contribution in [-0.4, -0.2) is 44.0 Å². The van der Waals surface area contributed by atoms with Crippen LogP contribution in [0.5, 0.6) is 0 Å². The number of carbonyl (C=O) groups is 2. The zero-order valence-electron chi connectivity index (χ0n) is 10.8. The number of carbonyl (C=O) groups excluding carboxylic acids is 1. The van der Waals surface area contributed by atoms with E-state index in [1.54, 1.807) is 25.6 Å². The number of carboxylic acids is 1. The van der Waals surface area contributed by atoms with Crippen LogP contribution in [0.3, 0.4) is 0 Å². The molecule has 0 unspecified atom stereocenters. The number of carboxylic acid groups (broad SMARTS) is 1. The first-order chi connectivity index (χ1) is 8.25. The Morgan fingerprint density at radius 3 is 2.28 bits per heavy atom. The van der Waals surface area contributed by atoms with Crippen molar-refractivity contribution in [2.75, 3.05) is 0 Å². The van der Waals surface area contributed by atoms with Gasteiger partial charge >= 0.3 is 5.97 Å². The van der Waals surface area contributed by atoms with Crippen LogP contribution in [0.4, 0.5) is 0 Å². The van der Waals surface area contributed by atoms with Gasteiger partial charge < -0.3 is 15.5 Å². The highest BCUT2D eigenvalue weighted by Gasteiger charge is 2.27. The number of aliphatic hydroxyl groups is 1. The summed E-state index contributed by atoms with van der Waals surface area (Å²) < 4.78 is 1.54. The van der Waals surface area contributed by atoms with E-state index < -0.39 is 24.0 Å². The topological polar surface area (TPSA) is 104 Å². The Balaban J connectivity index is 2.98. The molecular weight excluding hydrogens is 238 g/mol. The predicted octanol–water partition coefficient (Wildman–Crippen LogP) is -0.399. The molecule has 18 heavy (non-hydrogen) atoms. The van der Waals surface area contributed by atoms with E-state index in [2.05, 4.69) is 10.4 Å². The second-order valence-electron chi connectivity index (χ2n) is 4.20. The standard InChI is InChI=1S/C11H17N3O4/c1-5-8(6(2)14(4)13-5)10(16)12-9(7(3)15)11(17)18/h7,9,15H,1-4H3,(H,12,16)(H,17,18)/t7-,9+/m1/s1. The summed E-state index contributed by atoms with van der Waals surface area (Å²) >= 11 is 0. The average Bonchev–Trinajstić information content (AvgIpc) is 2.48. The molecule has 0 saturated heterocycles. The summed E-state index contributed by atoms with van der Waals surface area (Å²) in [7, 11) is 1.70. The normalized spacial score (nSPS) is 14.1. The minimum absolute atomic E-state index is 0.337. The van der Waals surface area contributed by atoms with Crippen LogP contribution in [0.15, 0.2) is 0 Å². The number of aryl methyl sites for hydroxylation is 2. The zero-order valence-corrected chi connectivity index (χ0v) is 10.8. The van der Waals surface area contributed by atoms with Crippen LogP contribution in [0.2, 0.25) is 0 Å². The molecule has 0 aliphatic rings. The molecule has 7 nitrogen and oxygen atoms in total. The molecule has 1 amide bonds. The predicted molar refractivity (Wildman–Crippen MR) is 63.3 cm³/mol. The van der Waals surface area contributed by atoms with E-state index in [0.717, 1.165) is 0 Å². The van der Waals surface area contributed by atoms with Crippen molar-refractivity contribution in [3.63, 3.8) is 0 Å². The maximum atomic E-state index is 12.0. The van der Waals surface area contributed by atoms with Gasteiger partial charge in [-0.15, -0.1) is 0 Å². The lowest BCUT2D eigenvalue weighted by molar-refractivity contribution is -0.141. The van der Waals surface area contributed by atoms with Crippen LogP contribution in [0.25, 0.3) is 0 Å². The SMILES string of the molecule is Cc1nn(C)c(C)c1C(=O)N[C@H](C(=O)O)[C@@H](C)O. The van der Waals surface area contributed by atoms with Crippen molar-refractivity contribution in [3.05, 3.63) is 17.0 Å². The van der Waals surface area contributed by atoms with E-state index in [9.17, 15) is 14.7 Å². The second kappa shape index (κ2) is 5.18. The summed E-state index contributed by atoms with van der Waals surface area (Å²) in [6, 6.07) is -1.34. The van der Waals surface area contributed by atoms with Gasteiger partial charge in [-0.05, 0) is 20.8 Å². The fourth-order valence-corrected chi connectivity index (χ4v) is 1.70. The highest BCUT2D eigenvalue weighted by atomic mass is 16.4. The minimum Gasteiger partial charge on any atom is -0.480 e. The van der Waals surface area contributed by atoms with Gasteiger partial charge in [0.2, 0.25) is 0 Å². The van der Waals surface area contributed by atoms with Gasteiger partial charge in [-0.3, -0.25) is 9.48 Å². The number of aliphatic hydroxyl groups excluding tert-OH is 1. The van der Waals surface area contributed by atoms with Crippen molar-refractivity contribution in [3.8, 4) is 0 Å². The Morgan fingerprint density at radius 1 is 1.39 bits per heavy atom. The molecule has 0 spiro atoms. The molecule has 1 aromatic heterocycles. The lowest BCUT2D eigenvalue weighted by atomic mass is 10.1. The number of rotatable bonds is 4. The first-order valence-electron chi connectivity index (χ1n) is 5.47. The van der Waals surface area contributed by atoms with Gasteiger partial charge in [-0.25, -0.2) is 4.79 Å². The third kappa shape index (κ3) is 2.67. The monoisotopic (exact) mass is 255 g/mol. The summed E-state index contributed by atoms with van der Waals surface area (Å²) in [5.74, 6) is -1.83. The molecule has 0 fully saturated rings. The number of hydrogen-bond acceptors (Lipinski definition) is 4. The number of hydrogen-bond donors (Lipinski definition) is 3. The maximum Gasteiger partial charge on any atom is 0.328 e. The third-order valence-electron chi connectivity index (χ3n) is 2.77. The Hall–Kier alpha value is -1.89. The van der Waals surface area contributed by atoms with Crippen LogP contribution in [0, 0.1) is 13.8 Å². The molecule has 2 atom stereocenters. The van der Waals surface area contributed by atoms with Gasteiger partial charge in [0.05, 0.1) is 17.4 Å². The number of nitrogens with one attached hydrogen (secondary N) is 1. The number of amides is 1. The van der Waals surface area contributed by atoms with E-state index in [4.69, 9.17) is 5.11 Å². The number of nitrogens with zero attached hydrogens (tertiary/aromatic N) is 2.